The van der Waals surface area contributed by atoms with Crippen molar-refractivity contribution < 1.29 is 9.53 Å². The molecule has 0 aliphatic rings. The van der Waals surface area contributed by atoms with Gasteiger partial charge in [-0.1, -0.05) is 51.8 Å². The van der Waals surface area contributed by atoms with Crippen LogP contribution in [0.2, 0.25) is 5.02 Å². The molecule has 3 aromatic rings. The highest BCUT2D eigenvalue weighted by atomic mass is 127. The summed E-state index contributed by atoms with van der Waals surface area (Å²) in [5.74, 6) is 0.656. The molecule has 0 bridgehead atoms. The van der Waals surface area contributed by atoms with Crippen molar-refractivity contribution in [1.29, 1.82) is 0 Å². The summed E-state index contributed by atoms with van der Waals surface area (Å²) in [5.41, 5.74) is 5.43. The van der Waals surface area contributed by atoms with Crippen molar-refractivity contribution in [3.8, 4) is 5.75 Å². The van der Waals surface area contributed by atoms with E-state index in [1.807, 2.05) is 60.7 Å². The summed E-state index contributed by atoms with van der Waals surface area (Å²) < 4.78 is 8.91. The smallest absolute Gasteiger partial charge is 0.244 e. The maximum atomic E-state index is 12.0. The number of hydrogen-bond acceptors (Lipinski definition) is 3. The van der Waals surface area contributed by atoms with Crippen LogP contribution in [0, 0.1) is 7.14 Å². The zero-order valence-electron chi connectivity index (χ0n) is 15.5. The summed E-state index contributed by atoms with van der Waals surface area (Å²) in [6.45, 7) is 0.461. The van der Waals surface area contributed by atoms with Gasteiger partial charge in [-0.05, 0) is 98.3 Å². The molecule has 8 heteroatoms. The zero-order chi connectivity index (χ0) is 21.5. The third kappa shape index (κ3) is 7.21. The first-order chi connectivity index (χ1) is 14.4. The van der Waals surface area contributed by atoms with E-state index in [0.29, 0.717) is 11.6 Å². The van der Waals surface area contributed by atoms with Gasteiger partial charge >= 0.3 is 0 Å². The van der Waals surface area contributed by atoms with Crippen molar-refractivity contribution >= 4 is 84.8 Å². The fourth-order valence-corrected chi connectivity index (χ4v) is 5.05. The molecule has 0 radical (unpaired) electrons. The summed E-state index contributed by atoms with van der Waals surface area (Å²) in [6.07, 6.45) is 1.91. The molecule has 0 atom stereocenters. The normalized spacial score (nSPS) is 10.9. The van der Waals surface area contributed by atoms with E-state index in [-0.39, 0.29) is 12.3 Å². The van der Waals surface area contributed by atoms with E-state index in [1.165, 1.54) is 0 Å². The fraction of sp³-hybridized carbons (Fsp3) is 0.0909. The maximum absolute atomic E-state index is 12.0. The zero-order valence-corrected chi connectivity index (χ0v) is 22.2. The number of hydrogen-bond donors (Lipinski definition) is 1. The van der Waals surface area contributed by atoms with Crippen LogP contribution < -0.4 is 10.2 Å². The lowest BCUT2D eigenvalue weighted by Gasteiger charge is -2.11. The largest absolute Gasteiger partial charge is 0.487 e. The van der Waals surface area contributed by atoms with E-state index >= 15 is 0 Å². The molecular formula is C22H16BrClI2N2O2. The number of halogens is 4. The van der Waals surface area contributed by atoms with Crippen LogP contribution in [0.1, 0.15) is 16.7 Å². The lowest BCUT2D eigenvalue weighted by atomic mass is 10.1. The van der Waals surface area contributed by atoms with Crippen molar-refractivity contribution in [3.05, 3.63) is 94.0 Å². The van der Waals surface area contributed by atoms with Crippen LogP contribution in [0.25, 0.3) is 0 Å². The lowest BCUT2D eigenvalue weighted by Crippen LogP contribution is -2.19. The molecule has 0 unspecified atom stereocenters. The lowest BCUT2D eigenvalue weighted by molar-refractivity contribution is -0.120. The van der Waals surface area contributed by atoms with Crippen LogP contribution in [0.4, 0.5) is 0 Å². The summed E-state index contributed by atoms with van der Waals surface area (Å²) >= 11 is 13.8. The average Bonchev–Trinajstić information content (AvgIpc) is 2.70. The van der Waals surface area contributed by atoms with Crippen molar-refractivity contribution in [2.75, 3.05) is 0 Å². The topological polar surface area (TPSA) is 50.7 Å². The van der Waals surface area contributed by atoms with Gasteiger partial charge in [-0.25, -0.2) is 5.43 Å². The van der Waals surface area contributed by atoms with Crippen LogP contribution in [-0.4, -0.2) is 12.1 Å². The minimum absolute atomic E-state index is 0.166. The second-order valence-electron chi connectivity index (χ2n) is 6.33. The average molecular weight is 710 g/mol. The highest BCUT2D eigenvalue weighted by molar-refractivity contribution is 14.1. The van der Waals surface area contributed by atoms with E-state index in [2.05, 4.69) is 71.6 Å². The highest BCUT2D eigenvalue weighted by Crippen LogP contribution is 2.29. The second kappa shape index (κ2) is 11.4. The maximum Gasteiger partial charge on any atom is 0.244 e. The number of nitrogens with one attached hydrogen (secondary N) is 1. The Hall–Kier alpha value is -1.17. The van der Waals surface area contributed by atoms with Gasteiger partial charge in [0, 0.05) is 9.50 Å². The first kappa shape index (κ1) is 23.5. The van der Waals surface area contributed by atoms with Gasteiger partial charge in [-0.3, -0.25) is 4.79 Å². The molecule has 30 heavy (non-hydrogen) atoms. The Bertz CT molecular complexity index is 1030. The molecule has 0 aromatic heterocycles. The Morgan fingerprint density at radius 3 is 2.27 bits per heavy atom. The van der Waals surface area contributed by atoms with Crippen molar-refractivity contribution in [3.63, 3.8) is 0 Å². The first-order valence-corrected chi connectivity index (χ1v) is 12.2. The number of rotatable bonds is 7. The number of amides is 1. The molecule has 3 aromatic carbocycles. The van der Waals surface area contributed by atoms with Crippen molar-refractivity contribution in [2.24, 2.45) is 5.10 Å². The third-order valence-electron chi connectivity index (χ3n) is 4.00. The van der Waals surface area contributed by atoms with Crippen LogP contribution in [0.5, 0.6) is 5.75 Å². The Balaban J connectivity index is 1.57. The van der Waals surface area contributed by atoms with Crippen molar-refractivity contribution in [1.82, 2.24) is 5.43 Å². The fourth-order valence-electron chi connectivity index (χ4n) is 2.53. The summed E-state index contributed by atoms with van der Waals surface area (Å²) in [5, 5.41) is 4.78. The Kier molecular flexibility index (Phi) is 8.97. The molecule has 0 fully saturated rings. The quantitative estimate of drug-likeness (QED) is 0.171. The molecule has 0 spiro atoms. The van der Waals surface area contributed by atoms with Gasteiger partial charge in [-0.15, -0.1) is 0 Å². The number of carbonyl (C=O) groups is 1. The molecule has 0 saturated carbocycles. The molecule has 0 aliphatic carbocycles. The summed E-state index contributed by atoms with van der Waals surface area (Å²) in [7, 11) is 0. The van der Waals surface area contributed by atoms with Gasteiger partial charge in [-0.2, -0.15) is 5.10 Å². The van der Waals surface area contributed by atoms with Gasteiger partial charge in [0.1, 0.15) is 12.4 Å². The number of hydrazone groups is 1. The highest BCUT2D eigenvalue weighted by Gasteiger charge is 2.09. The number of benzene rings is 3. The molecule has 0 heterocycles. The SMILES string of the molecule is O=C(Cc1ccc(Br)cc1)N/N=C/c1cc(I)c(OCc2ccc(Cl)cc2)c(I)c1. The van der Waals surface area contributed by atoms with Gasteiger partial charge in [0.15, 0.2) is 0 Å². The van der Waals surface area contributed by atoms with Gasteiger partial charge in [0.25, 0.3) is 0 Å². The van der Waals surface area contributed by atoms with Gasteiger partial charge < -0.3 is 4.74 Å². The van der Waals surface area contributed by atoms with Crippen LogP contribution in [0.15, 0.2) is 70.2 Å². The molecule has 0 saturated heterocycles. The Labute approximate surface area is 215 Å². The van der Waals surface area contributed by atoms with Gasteiger partial charge in [0.05, 0.1) is 19.8 Å². The molecular weight excluding hydrogens is 693 g/mol. The summed E-state index contributed by atoms with van der Waals surface area (Å²) in [6, 6.07) is 19.1. The van der Waals surface area contributed by atoms with E-state index in [9.17, 15) is 4.79 Å². The van der Waals surface area contributed by atoms with E-state index in [1.54, 1.807) is 6.21 Å². The van der Waals surface area contributed by atoms with Gasteiger partial charge in [0.2, 0.25) is 5.91 Å². The standard InChI is InChI=1S/C22H16BrClI2N2O2/c23-17-5-1-14(2-6-17)11-21(29)28-27-12-16-9-19(25)22(20(26)10-16)30-13-15-3-7-18(24)8-4-15/h1-10,12H,11,13H2,(H,28,29)/b27-12+. The number of ether oxygens (including phenoxy) is 1. The van der Waals surface area contributed by atoms with E-state index in [4.69, 9.17) is 16.3 Å². The predicted molar refractivity (Wildman–Crippen MR) is 141 cm³/mol. The molecule has 4 nitrogen and oxygen atoms in total. The molecule has 154 valence electrons. The van der Waals surface area contributed by atoms with Crippen LogP contribution in [0.3, 0.4) is 0 Å². The number of nitrogens with zero attached hydrogens (tertiary/aromatic N) is 1. The Morgan fingerprint density at radius 1 is 1.03 bits per heavy atom. The third-order valence-corrected chi connectivity index (χ3v) is 6.38. The first-order valence-electron chi connectivity index (χ1n) is 8.83. The summed E-state index contributed by atoms with van der Waals surface area (Å²) in [4.78, 5) is 12.0. The van der Waals surface area contributed by atoms with E-state index in [0.717, 1.165) is 34.1 Å². The monoisotopic (exact) mass is 708 g/mol. The van der Waals surface area contributed by atoms with Crippen LogP contribution in [-0.2, 0) is 17.8 Å². The minimum Gasteiger partial charge on any atom is -0.487 e. The number of carbonyl (C=O) groups excluding carboxylic acids is 1. The second-order valence-corrected chi connectivity index (χ2v) is 10.0. The molecule has 3 rings (SSSR count). The predicted octanol–water partition coefficient (Wildman–Crippen LogP) is 6.58. The van der Waals surface area contributed by atoms with Crippen LogP contribution >= 0.6 is 72.7 Å². The molecule has 0 aliphatic heterocycles. The molecule has 1 amide bonds. The minimum atomic E-state index is -0.166. The molecule has 1 N–H and O–H groups in total. The Morgan fingerprint density at radius 2 is 1.63 bits per heavy atom. The van der Waals surface area contributed by atoms with E-state index < -0.39 is 0 Å². The van der Waals surface area contributed by atoms with Crippen molar-refractivity contribution in [2.45, 2.75) is 13.0 Å².